The van der Waals surface area contributed by atoms with Gasteiger partial charge in [0.2, 0.25) is 35.4 Å². The van der Waals surface area contributed by atoms with Crippen LogP contribution in [0.2, 0.25) is 0 Å². The van der Waals surface area contributed by atoms with Gasteiger partial charge in [0.15, 0.2) is 22.6 Å². The van der Waals surface area contributed by atoms with Crippen LogP contribution in [0.25, 0.3) is 44.1 Å². The number of rotatable bonds is 22. The number of likely N-dealkylation sites (tertiary alicyclic amines) is 3. The molecule has 6 N–H and O–H groups in total. The predicted octanol–water partition coefficient (Wildman–Crippen LogP) is 16.2. The number of nitrogens with zero attached hydrogens (tertiary/aromatic N) is 19. The van der Waals surface area contributed by atoms with Gasteiger partial charge in [0.05, 0.1) is 74.2 Å². The molecule has 4 saturated heterocycles. The zero-order valence-corrected chi connectivity index (χ0v) is 85.5. The Morgan fingerprint density at radius 1 is 0.429 bits per heavy atom. The number of benzene rings is 4. The van der Waals surface area contributed by atoms with Crippen LogP contribution in [0.4, 0.5) is 23.3 Å². The molecule has 4 aliphatic heterocycles. The van der Waals surface area contributed by atoms with E-state index >= 15 is 0 Å². The number of hydrogen-bond donors (Lipinski definition) is 5. The van der Waals surface area contributed by atoms with Crippen LogP contribution < -0.4 is 45.9 Å². The maximum Gasteiger partial charge on any atom is 0.248 e. The summed E-state index contributed by atoms with van der Waals surface area (Å²) in [6.45, 7) is 40.8. The molecule has 8 aromatic heterocycles. The minimum Gasteiger partial charge on any atom is -0.497 e. The molecule has 776 valence electrons. The number of carbonyl (C=O) groups excluding carboxylic acids is 8. The quantitative estimate of drug-likeness (QED) is 0.0311. The highest BCUT2D eigenvalue weighted by molar-refractivity contribution is 6.05. The molecule has 4 aromatic carbocycles. The number of ketones is 2. The van der Waals surface area contributed by atoms with E-state index in [9.17, 15) is 38.4 Å². The Kier molecular flexibility index (Phi) is 43.6. The SMILES string of the molecule is C.C.C.C=CC(=O)Nc1ncnc2c1c(C#Cc1cc(C)cc(OC)c1)nn2[C@H]1CCN(C(=O)C=C)C1.CC(=O)C(C)C.CCCC(=O)Nc1ncnc2c1c(C#Cc1cc(C)cc(OC)c1)nn2[C@H]1CCN(C(=O)CCC)C1.CCCC(C)=O.COc1cc(C)cc(C#Cc2nn([C@H]3CCN(C(=O)C(C)C)C3)c3ncnc(NC(=O)C(C)C)c23)c1.COc1cc(C)cc(C#Cc2nn([C@H]3CCNC3)c3ncnc(N)c23)c1. The topological polar surface area (TPSA) is 432 Å². The Morgan fingerprint density at radius 3 is 1.13 bits per heavy atom. The third kappa shape index (κ3) is 30.8. The molecule has 36 nitrogen and oxygen atoms in total. The van der Waals surface area contributed by atoms with Crippen molar-refractivity contribution in [2.75, 3.05) is 102 Å². The fourth-order valence-corrected chi connectivity index (χ4v) is 16.2. The van der Waals surface area contributed by atoms with E-state index < -0.39 is 5.91 Å². The maximum atomic E-state index is 12.6. The number of amides is 6. The Hall–Kier alpha value is -16.1. The van der Waals surface area contributed by atoms with Crippen molar-refractivity contribution in [3.05, 3.63) is 191 Å². The molecule has 12 aromatic rings. The highest BCUT2D eigenvalue weighted by Crippen LogP contribution is 2.36. The number of nitrogens with one attached hydrogen (secondary N) is 4. The van der Waals surface area contributed by atoms with Crippen LogP contribution in [-0.4, -0.2) is 222 Å². The Bertz CT molecular complexity index is 7020. The van der Waals surface area contributed by atoms with Crippen LogP contribution in [-0.2, 0) is 38.4 Å². The van der Waals surface area contributed by atoms with Gasteiger partial charge in [-0.2, -0.15) is 20.4 Å². The first-order valence-corrected chi connectivity index (χ1v) is 48.2. The lowest BCUT2D eigenvalue weighted by Crippen LogP contribution is -2.32. The largest absolute Gasteiger partial charge is 0.497 e. The van der Waals surface area contributed by atoms with Crippen molar-refractivity contribution in [3.8, 4) is 70.4 Å². The van der Waals surface area contributed by atoms with Crippen LogP contribution in [0.5, 0.6) is 23.0 Å². The lowest BCUT2D eigenvalue weighted by molar-refractivity contribution is -0.133. The van der Waals surface area contributed by atoms with Crippen LogP contribution in [0.15, 0.2) is 123 Å². The lowest BCUT2D eigenvalue weighted by atomic mass is 10.1. The number of carbonyl (C=O) groups is 8. The molecular weight excluding hydrogens is 1860 g/mol. The first-order valence-electron chi connectivity index (χ1n) is 48.2. The molecule has 4 aliphatic rings. The van der Waals surface area contributed by atoms with Gasteiger partial charge < -0.3 is 65.4 Å². The fourth-order valence-electron chi connectivity index (χ4n) is 16.2. The molecule has 12 heterocycles. The average molecular weight is 2000 g/mol. The van der Waals surface area contributed by atoms with Crippen molar-refractivity contribution in [3.63, 3.8) is 0 Å². The van der Waals surface area contributed by atoms with Gasteiger partial charge in [-0.15, -0.1) is 0 Å². The molecule has 147 heavy (non-hydrogen) atoms. The second kappa shape index (κ2) is 55.1. The molecule has 4 atom stereocenters. The van der Waals surface area contributed by atoms with Gasteiger partial charge in [-0.25, -0.2) is 58.6 Å². The smallest absolute Gasteiger partial charge is 0.248 e. The van der Waals surface area contributed by atoms with Gasteiger partial charge in [0.1, 0.15) is 106 Å². The number of anilines is 4. The summed E-state index contributed by atoms with van der Waals surface area (Å²) in [6.07, 6.45) is 15.6. The molecule has 6 amide bonds. The van der Waals surface area contributed by atoms with Crippen molar-refractivity contribution < 1.29 is 57.3 Å². The molecule has 0 bridgehead atoms. The van der Waals surface area contributed by atoms with Crippen molar-refractivity contribution >= 4 is 114 Å². The van der Waals surface area contributed by atoms with Gasteiger partial charge in [0, 0.05) is 105 Å². The zero-order chi connectivity index (χ0) is 104. The lowest BCUT2D eigenvalue weighted by Gasteiger charge is -2.18. The van der Waals surface area contributed by atoms with Crippen LogP contribution in [0.3, 0.4) is 0 Å². The van der Waals surface area contributed by atoms with Gasteiger partial charge >= 0.3 is 0 Å². The Labute approximate surface area is 861 Å². The molecule has 0 aliphatic carbocycles. The summed E-state index contributed by atoms with van der Waals surface area (Å²) >= 11 is 0. The van der Waals surface area contributed by atoms with E-state index in [1.165, 1.54) is 37.5 Å². The number of nitrogen functional groups attached to an aromatic ring is 1. The van der Waals surface area contributed by atoms with Crippen molar-refractivity contribution in [2.45, 2.75) is 215 Å². The van der Waals surface area contributed by atoms with Crippen LogP contribution >= 0.6 is 0 Å². The molecule has 0 saturated carbocycles. The van der Waals surface area contributed by atoms with E-state index in [1.807, 2.05) is 187 Å². The van der Waals surface area contributed by atoms with E-state index in [4.69, 9.17) is 45.1 Å². The predicted molar refractivity (Wildman–Crippen MR) is 575 cm³/mol. The molecule has 0 spiro atoms. The molecule has 16 rings (SSSR count). The zero-order valence-electron chi connectivity index (χ0n) is 85.5. The molecule has 0 radical (unpaired) electrons. The number of hydrogen-bond acceptors (Lipinski definition) is 26. The summed E-state index contributed by atoms with van der Waals surface area (Å²) < 4.78 is 28.8. The average Bonchev–Trinajstić information content (AvgIpc) is 1.62. The molecule has 36 heteroatoms. The molecular formula is C111H140N24O12. The number of aromatic nitrogens is 16. The third-order valence-electron chi connectivity index (χ3n) is 23.8. The van der Waals surface area contributed by atoms with Gasteiger partial charge in [0.25, 0.3) is 0 Å². The van der Waals surface area contributed by atoms with Crippen molar-refractivity contribution in [1.29, 1.82) is 0 Å². The van der Waals surface area contributed by atoms with E-state index in [0.717, 1.165) is 125 Å². The first kappa shape index (κ1) is 116. The number of nitrogens with two attached hydrogens (primary N) is 1. The maximum absolute atomic E-state index is 12.6. The Balaban J connectivity index is 0.000000229. The summed E-state index contributed by atoms with van der Waals surface area (Å²) in [5.41, 5.74) is 17.9. The first-order chi connectivity index (χ1) is 69.1. The number of Topliss-reactive ketones (excluding diaryl/α,β-unsaturated/α-hetero) is 2. The number of aryl methyl sites for hydroxylation is 4. The summed E-state index contributed by atoms with van der Waals surface area (Å²) in [6, 6.07) is 23.2. The van der Waals surface area contributed by atoms with E-state index in [1.54, 1.807) is 51.9 Å². The highest BCUT2D eigenvalue weighted by Gasteiger charge is 2.35. The summed E-state index contributed by atoms with van der Waals surface area (Å²) in [5, 5.41) is 33.4. The standard InChI is InChI=1S/2C27H32N6O3.C25H24N6O3.C19H20N6O.2C5H10O.3CH4/c1-16(2)26(34)30-24-23-22(8-7-19-11-18(5)12-21(13-19)36-6)31-33(25(23)29-15-28-24)20-9-10-32(14-20)27(35)17(3)4;1-5-7-23(34)30-26-25-22(10-9-19-13-18(3)14-21(15-19)36-4)31-33(27(25)29-17-28-26)20-11-12-32(16-20)24(35)8-6-2;1-5-21(32)28-24-23-20(8-7-17-11-16(3)12-19(13-17)34-4)29-31(25(23)27-15-26-24)18-9-10-30(14-18)22(33)6-2;1-12-7-13(9-15(8-12)26-2)3-4-16-17-18(20)22-11-23-19(17)25(24-16)14-5-6-21-10-14;1-4(2)5(3)6;1-3-4-5(2)6;;;/h11-13,15-17,20H,9-10,14H2,1-6H3,(H,28,29,30,34);13-15,17,20H,5-8,11-12,16H2,1-4H3,(H,28,29,30,34);5-6,11-13,15,18H,1-2,9-10,14H2,3-4H3,(H,26,27,28,32);7-9,11,14,21H,5-6,10H2,1-2H3,(H2,20,22,23);4H,1-3H3;3-4H2,1-2H3;3*1H4/t2*20-;18-;14-;;;;;/m0000...../s1. The Morgan fingerprint density at radius 2 is 0.782 bits per heavy atom. The minimum absolute atomic E-state index is 0. The number of methoxy groups -OCH3 is 4. The molecule has 4 fully saturated rings. The van der Waals surface area contributed by atoms with Crippen molar-refractivity contribution in [2.24, 2.45) is 17.8 Å². The monoisotopic (exact) mass is 2000 g/mol. The number of fused-ring (bicyclic) bond motifs is 4. The van der Waals surface area contributed by atoms with Crippen molar-refractivity contribution in [1.82, 2.24) is 99.0 Å². The van der Waals surface area contributed by atoms with Gasteiger partial charge in [-0.05, 0) is 224 Å². The van der Waals surface area contributed by atoms with Gasteiger partial charge in [-0.1, -0.05) is 121 Å². The fraction of sp³-hybridized carbons (Fsp3) is 0.423. The number of ether oxygens (including phenoxy) is 4. The van der Waals surface area contributed by atoms with E-state index in [-0.39, 0.29) is 105 Å². The van der Waals surface area contributed by atoms with Gasteiger partial charge in [-0.3, -0.25) is 33.6 Å². The van der Waals surface area contributed by atoms with Crippen LogP contribution in [0, 0.1) is 92.8 Å². The summed E-state index contributed by atoms with van der Waals surface area (Å²) in [7, 11) is 6.50. The normalized spacial score (nSPS) is 14.5. The summed E-state index contributed by atoms with van der Waals surface area (Å²) in [5.74, 6) is 29.7. The highest BCUT2D eigenvalue weighted by atomic mass is 16.5. The third-order valence-corrected chi connectivity index (χ3v) is 23.8. The van der Waals surface area contributed by atoms with Crippen LogP contribution in [0.1, 0.15) is 254 Å². The van der Waals surface area contributed by atoms with E-state index in [2.05, 4.69) is 122 Å². The molecule has 0 unspecified atom stereocenters. The minimum atomic E-state index is -0.404. The summed E-state index contributed by atoms with van der Waals surface area (Å²) in [4.78, 5) is 135. The van der Waals surface area contributed by atoms with E-state index in [0.29, 0.717) is 149 Å². The second-order valence-electron chi connectivity index (χ2n) is 36.2. The second-order valence-corrected chi connectivity index (χ2v) is 36.2.